The Morgan fingerprint density at radius 1 is 1.14 bits per heavy atom. The quantitative estimate of drug-likeness (QED) is 0.572. The summed E-state index contributed by atoms with van der Waals surface area (Å²) >= 11 is 0. The van der Waals surface area contributed by atoms with Gasteiger partial charge >= 0.3 is 5.91 Å². The summed E-state index contributed by atoms with van der Waals surface area (Å²) in [5.41, 5.74) is 2.90. The van der Waals surface area contributed by atoms with E-state index in [2.05, 4.69) is 10.5 Å². The number of fused-ring (bicyclic) bond motifs is 1. The molecule has 5 heteroatoms. The Balaban J connectivity index is 1.86. The minimum absolute atomic E-state index is 0.102. The number of benzene rings is 2. The lowest BCUT2D eigenvalue weighted by molar-refractivity contribution is 0.0927. The number of nitrogens with zero attached hydrogens (tertiary/aromatic N) is 1. The van der Waals surface area contributed by atoms with Crippen LogP contribution in [0.3, 0.4) is 0 Å². The third-order valence-electron chi connectivity index (χ3n) is 3.05. The van der Waals surface area contributed by atoms with Gasteiger partial charge in [-0.15, -0.1) is 0 Å². The molecule has 0 spiro atoms. The van der Waals surface area contributed by atoms with Crippen LogP contribution in [0, 0.1) is 0 Å². The summed E-state index contributed by atoms with van der Waals surface area (Å²) in [5, 5.41) is 15.6. The highest BCUT2D eigenvalue weighted by atomic mass is 16.3. The fourth-order valence-electron chi connectivity index (χ4n) is 2.04. The first-order chi connectivity index (χ1) is 10.3. The molecule has 21 heavy (non-hydrogen) atoms. The number of carbonyl (C=O) groups excluding carboxylic acids is 1. The molecule has 3 aromatic rings. The molecule has 2 N–H and O–H groups in total. The Morgan fingerprint density at radius 3 is 2.81 bits per heavy atom. The zero-order chi connectivity index (χ0) is 14.7. The molecule has 104 valence electrons. The predicted octanol–water partition coefficient (Wildman–Crippen LogP) is 2.90. The van der Waals surface area contributed by atoms with E-state index in [4.69, 9.17) is 4.42 Å². The molecule has 0 fully saturated rings. The van der Waals surface area contributed by atoms with Crippen LogP contribution in [0.5, 0.6) is 5.75 Å². The second kappa shape index (κ2) is 5.50. The van der Waals surface area contributed by atoms with E-state index in [-0.39, 0.29) is 11.5 Å². The van der Waals surface area contributed by atoms with Gasteiger partial charge in [0.05, 0.1) is 12.5 Å². The molecule has 1 heterocycles. The maximum absolute atomic E-state index is 11.7. The fourth-order valence-corrected chi connectivity index (χ4v) is 2.04. The standard InChI is InChI=1S/C16H12N2O3/c19-14-8-7-11-4-1-2-5-12(11)13(14)10-17-18-16(20)15-6-3-9-21-15/h1-10,19H,(H,18,20). The number of phenols is 1. The van der Waals surface area contributed by atoms with Crippen LogP contribution in [-0.2, 0) is 0 Å². The number of hydrogen-bond donors (Lipinski definition) is 2. The van der Waals surface area contributed by atoms with E-state index in [1.165, 1.54) is 12.5 Å². The first-order valence-electron chi connectivity index (χ1n) is 6.33. The molecule has 0 bridgehead atoms. The topological polar surface area (TPSA) is 74.8 Å². The lowest BCUT2D eigenvalue weighted by atomic mass is 10.0. The van der Waals surface area contributed by atoms with E-state index in [1.54, 1.807) is 18.2 Å². The highest BCUT2D eigenvalue weighted by Crippen LogP contribution is 2.25. The van der Waals surface area contributed by atoms with Gasteiger partial charge in [-0.3, -0.25) is 4.79 Å². The Hall–Kier alpha value is -3.08. The fraction of sp³-hybridized carbons (Fsp3) is 0. The summed E-state index contributed by atoms with van der Waals surface area (Å²) in [6.45, 7) is 0. The molecule has 3 rings (SSSR count). The van der Waals surface area contributed by atoms with E-state index in [0.29, 0.717) is 5.56 Å². The predicted molar refractivity (Wildman–Crippen MR) is 79.4 cm³/mol. The highest BCUT2D eigenvalue weighted by molar-refractivity contribution is 6.02. The molecule has 0 radical (unpaired) electrons. The van der Waals surface area contributed by atoms with Crippen LogP contribution in [0.25, 0.3) is 10.8 Å². The van der Waals surface area contributed by atoms with Crippen molar-refractivity contribution >= 4 is 22.9 Å². The minimum atomic E-state index is -0.448. The Kier molecular flexibility index (Phi) is 3.39. The number of nitrogens with one attached hydrogen (secondary N) is 1. The van der Waals surface area contributed by atoms with Crippen molar-refractivity contribution in [2.45, 2.75) is 0 Å². The van der Waals surface area contributed by atoms with Crippen molar-refractivity contribution in [3.63, 3.8) is 0 Å². The SMILES string of the molecule is O=C(NN=Cc1c(O)ccc2ccccc12)c1ccco1. The van der Waals surface area contributed by atoms with E-state index < -0.39 is 5.91 Å². The zero-order valence-corrected chi connectivity index (χ0v) is 11.0. The van der Waals surface area contributed by atoms with Gasteiger partial charge in [0.25, 0.3) is 0 Å². The van der Waals surface area contributed by atoms with Crippen LogP contribution < -0.4 is 5.43 Å². The highest BCUT2D eigenvalue weighted by Gasteiger charge is 2.07. The minimum Gasteiger partial charge on any atom is -0.507 e. The van der Waals surface area contributed by atoms with Crippen molar-refractivity contribution < 1.29 is 14.3 Å². The summed E-state index contributed by atoms with van der Waals surface area (Å²) in [7, 11) is 0. The van der Waals surface area contributed by atoms with E-state index in [1.807, 2.05) is 30.3 Å². The largest absolute Gasteiger partial charge is 0.507 e. The van der Waals surface area contributed by atoms with Crippen LogP contribution in [0.1, 0.15) is 16.1 Å². The number of furan rings is 1. The summed E-state index contributed by atoms with van der Waals surface area (Å²) < 4.78 is 4.96. The average molecular weight is 280 g/mol. The molecule has 0 saturated heterocycles. The van der Waals surface area contributed by atoms with Gasteiger partial charge in [-0.1, -0.05) is 30.3 Å². The first kappa shape index (κ1) is 12.9. The van der Waals surface area contributed by atoms with Crippen LogP contribution in [0.4, 0.5) is 0 Å². The number of hydrazone groups is 1. The van der Waals surface area contributed by atoms with Crippen molar-refractivity contribution in [1.82, 2.24) is 5.43 Å². The number of hydrogen-bond acceptors (Lipinski definition) is 4. The molecule has 0 atom stereocenters. The zero-order valence-electron chi connectivity index (χ0n) is 11.0. The van der Waals surface area contributed by atoms with Crippen LogP contribution in [0.15, 0.2) is 64.3 Å². The molecule has 2 aromatic carbocycles. The summed E-state index contributed by atoms with van der Waals surface area (Å²) in [6, 6.07) is 14.2. The van der Waals surface area contributed by atoms with Crippen molar-refractivity contribution in [2.75, 3.05) is 0 Å². The van der Waals surface area contributed by atoms with E-state index in [0.717, 1.165) is 10.8 Å². The first-order valence-corrected chi connectivity index (χ1v) is 6.33. The molecule has 0 aliphatic rings. The summed E-state index contributed by atoms with van der Waals surface area (Å²) in [5.74, 6) is -0.171. The third-order valence-corrected chi connectivity index (χ3v) is 3.05. The molecule has 5 nitrogen and oxygen atoms in total. The Morgan fingerprint density at radius 2 is 2.00 bits per heavy atom. The van der Waals surface area contributed by atoms with Gasteiger partial charge in [-0.25, -0.2) is 5.43 Å². The molecular formula is C16H12N2O3. The lowest BCUT2D eigenvalue weighted by Gasteiger charge is -2.04. The van der Waals surface area contributed by atoms with Crippen molar-refractivity contribution in [3.05, 3.63) is 66.1 Å². The Labute approximate surface area is 120 Å². The molecule has 0 saturated carbocycles. The maximum Gasteiger partial charge on any atom is 0.307 e. The van der Waals surface area contributed by atoms with Gasteiger partial charge in [-0.05, 0) is 29.0 Å². The smallest absolute Gasteiger partial charge is 0.307 e. The maximum atomic E-state index is 11.7. The average Bonchev–Trinajstić information content (AvgIpc) is 3.04. The number of amides is 1. The number of carbonyl (C=O) groups is 1. The van der Waals surface area contributed by atoms with Crippen molar-refractivity contribution in [2.24, 2.45) is 5.10 Å². The van der Waals surface area contributed by atoms with Gasteiger partial charge in [0.2, 0.25) is 0 Å². The van der Waals surface area contributed by atoms with Gasteiger partial charge in [0, 0.05) is 5.56 Å². The number of rotatable bonds is 3. The monoisotopic (exact) mass is 280 g/mol. The molecule has 0 aliphatic heterocycles. The van der Waals surface area contributed by atoms with Gasteiger partial charge in [0.1, 0.15) is 5.75 Å². The second-order valence-corrected chi connectivity index (χ2v) is 4.40. The van der Waals surface area contributed by atoms with Gasteiger partial charge < -0.3 is 9.52 Å². The number of phenolic OH excluding ortho intramolecular Hbond substituents is 1. The van der Waals surface area contributed by atoms with Crippen molar-refractivity contribution in [3.8, 4) is 5.75 Å². The normalized spacial score (nSPS) is 11.0. The molecular weight excluding hydrogens is 268 g/mol. The van der Waals surface area contributed by atoms with Gasteiger partial charge in [0.15, 0.2) is 5.76 Å². The Bertz CT molecular complexity index is 808. The lowest BCUT2D eigenvalue weighted by Crippen LogP contribution is -2.16. The van der Waals surface area contributed by atoms with E-state index >= 15 is 0 Å². The van der Waals surface area contributed by atoms with Crippen molar-refractivity contribution in [1.29, 1.82) is 0 Å². The summed E-state index contributed by atoms with van der Waals surface area (Å²) in [4.78, 5) is 11.7. The third kappa shape index (κ3) is 2.62. The second-order valence-electron chi connectivity index (χ2n) is 4.40. The van der Waals surface area contributed by atoms with Gasteiger partial charge in [-0.2, -0.15) is 5.10 Å². The molecule has 0 unspecified atom stereocenters. The van der Waals surface area contributed by atoms with E-state index in [9.17, 15) is 9.90 Å². The molecule has 1 amide bonds. The van der Waals surface area contributed by atoms with Crippen LogP contribution in [-0.4, -0.2) is 17.2 Å². The van der Waals surface area contributed by atoms with Crippen LogP contribution in [0.2, 0.25) is 0 Å². The van der Waals surface area contributed by atoms with Crippen LogP contribution >= 0.6 is 0 Å². The number of aromatic hydroxyl groups is 1. The molecule has 0 aliphatic carbocycles. The molecule has 1 aromatic heterocycles. The summed E-state index contributed by atoms with van der Waals surface area (Å²) in [6.07, 6.45) is 2.83.